The highest BCUT2D eigenvalue weighted by Crippen LogP contribution is 2.17. The average Bonchev–Trinajstić information content (AvgIpc) is 2.84. The van der Waals surface area contributed by atoms with E-state index < -0.39 is 5.82 Å². The minimum Gasteiger partial charge on any atom is -0.378 e. The van der Waals surface area contributed by atoms with Crippen LogP contribution in [0.25, 0.3) is 0 Å². The number of hydrogen-bond donors (Lipinski definition) is 1. The topological polar surface area (TPSA) is 48.7 Å². The van der Waals surface area contributed by atoms with Crippen molar-refractivity contribution in [2.24, 2.45) is 0 Å². The van der Waals surface area contributed by atoms with Gasteiger partial charge in [0.15, 0.2) is 0 Å². The zero-order valence-electron chi connectivity index (χ0n) is 9.90. The van der Waals surface area contributed by atoms with Gasteiger partial charge in [-0.3, -0.25) is 0 Å². The second-order valence-corrected chi connectivity index (χ2v) is 4.93. The van der Waals surface area contributed by atoms with E-state index in [1.165, 1.54) is 17.0 Å². The number of aromatic nitrogens is 1. The van der Waals surface area contributed by atoms with Crippen molar-refractivity contribution >= 4 is 17.0 Å². The molecular weight excluding hydrogens is 249 g/mol. The molecule has 1 N–H and O–H groups in total. The maximum Gasteiger partial charge on any atom is 0.143 e. The molecule has 0 radical (unpaired) electrons. The largest absolute Gasteiger partial charge is 0.378 e. The van der Waals surface area contributed by atoms with Crippen LogP contribution in [-0.2, 0) is 13.0 Å². The molecule has 1 heterocycles. The highest BCUT2D eigenvalue weighted by atomic mass is 32.1. The number of aryl methyl sites for hydroxylation is 1. The second-order valence-electron chi connectivity index (χ2n) is 3.73. The van der Waals surface area contributed by atoms with Crippen molar-refractivity contribution in [3.8, 4) is 6.07 Å². The Morgan fingerprint density at radius 2 is 2.33 bits per heavy atom. The first kappa shape index (κ1) is 12.5. The summed E-state index contributed by atoms with van der Waals surface area (Å²) in [5.41, 5.74) is 0.711. The van der Waals surface area contributed by atoms with Gasteiger partial charge in [0.2, 0.25) is 0 Å². The number of halogens is 1. The average molecular weight is 261 g/mol. The Hall–Kier alpha value is -1.93. The molecule has 0 spiro atoms. The van der Waals surface area contributed by atoms with Gasteiger partial charge >= 0.3 is 0 Å². The lowest BCUT2D eigenvalue weighted by molar-refractivity contribution is 0.624. The molecule has 5 heteroatoms. The van der Waals surface area contributed by atoms with Crippen molar-refractivity contribution in [3.05, 3.63) is 45.7 Å². The molecule has 3 nitrogen and oxygen atoms in total. The van der Waals surface area contributed by atoms with Gasteiger partial charge in [-0.2, -0.15) is 5.26 Å². The van der Waals surface area contributed by atoms with Gasteiger partial charge in [-0.05, 0) is 24.6 Å². The molecule has 0 bridgehead atoms. The first-order valence-corrected chi connectivity index (χ1v) is 6.41. The van der Waals surface area contributed by atoms with Gasteiger partial charge in [-0.15, -0.1) is 11.3 Å². The van der Waals surface area contributed by atoms with Crippen LogP contribution in [0.4, 0.5) is 10.1 Å². The normalized spacial score (nSPS) is 10.1. The number of nitrogens with zero attached hydrogens (tertiary/aromatic N) is 2. The van der Waals surface area contributed by atoms with Crippen LogP contribution in [0.2, 0.25) is 0 Å². The summed E-state index contributed by atoms with van der Waals surface area (Å²) in [6, 6.07) is 6.28. The third-order valence-corrected chi connectivity index (χ3v) is 3.62. The van der Waals surface area contributed by atoms with E-state index in [9.17, 15) is 4.39 Å². The van der Waals surface area contributed by atoms with E-state index in [-0.39, 0.29) is 5.56 Å². The fraction of sp³-hybridized carbons (Fsp3) is 0.231. The fourth-order valence-electron chi connectivity index (χ4n) is 1.49. The summed E-state index contributed by atoms with van der Waals surface area (Å²) in [5.74, 6) is -0.504. The number of nitrogens with one attached hydrogen (secondary N) is 1. The van der Waals surface area contributed by atoms with E-state index in [0.29, 0.717) is 12.2 Å². The first-order valence-electron chi connectivity index (χ1n) is 5.60. The van der Waals surface area contributed by atoms with Gasteiger partial charge in [0.25, 0.3) is 0 Å². The number of rotatable bonds is 4. The van der Waals surface area contributed by atoms with E-state index in [1.54, 1.807) is 23.5 Å². The van der Waals surface area contributed by atoms with Crippen molar-refractivity contribution in [2.75, 3.05) is 5.32 Å². The molecule has 0 fully saturated rings. The van der Waals surface area contributed by atoms with Crippen molar-refractivity contribution in [3.63, 3.8) is 0 Å². The molecule has 1 aromatic carbocycles. The minimum atomic E-state index is -0.504. The fourth-order valence-corrected chi connectivity index (χ4v) is 2.29. The predicted molar refractivity (Wildman–Crippen MR) is 69.9 cm³/mol. The molecule has 0 aliphatic carbocycles. The molecule has 2 rings (SSSR count). The standard InChI is InChI=1S/C13H12FN3S/c1-2-11-7-17-13(18-11)8-16-10-4-3-9(6-15)12(14)5-10/h3-5,7,16H,2,8H2,1H3. The first-order chi connectivity index (χ1) is 8.72. The highest BCUT2D eigenvalue weighted by molar-refractivity contribution is 7.11. The summed E-state index contributed by atoms with van der Waals surface area (Å²) in [7, 11) is 0. The van der Waals surface area contributed by atoms with Crippen molar-refractivity contribution < 1.29 is 4.39 Å². The van der Waals surface area contributed by atoms with Gasteiger partial charge in [0.1, 0.15) is 16.9 Å². The van der Waals surface area contributed by atoms with Crippen LogP contribution in [0, 0.1) is 17.1 Å². The summed E-state index contributed by atoms with van der Waals surface area (Å²) in [5, 5.41) is 12.7. The SMILES string of the molecule is CCc1cnc(CNc2ccc(C#N)c(F)c2)s1. The van der Waals surface area contributed by atoms with Crippen molar-refractivity contribution in [1.82, 2.24) is 4.98 Å². The Morgan fingerprint density at radius 3 is 2.94 bits per heavy atom. The maximum absolute atomic E-state index is 13.4. The molecule has 92 valence electrons. The quantitative estimate of drug-likeness (QED) is 0.918. The van der Waals surface area contributed by atoms with Crippen LogP contribution in [-0.4, -0.2) is 4.98 Å². The number of benzene rings is 1. The summed E-state index contributed by atoms with van der Waals surface area (Å²) in [6.45, 7) is 2.65. The number of hydrogen-bond acceptors (Lipinski definition) is 4. The number of anilines is 1. The van der Waals surface area contributed by atoms with Gasteiger partial charge in [-0.25, -0.2) is 9.37 Å². The van der Waals surface area contributed by atoms with E-state index in [0.717, 1.165) is 11.4 Å². The van der Waals surface area contributed by atoms with Gasteiger partial charge in [-0.1, -0.05) is 6.92 Å². The summed E-state index contributed by atoms with van der Waals surface area (Å²) in [6.07, 6.45) is 2.84. The zero-order chi connectivity index (χ0) is 13.0. The van der Waals surface area contributed by atoms with E-state index in [4.69, 9.17) is 5.26 Å². The Labute approximate surface area is 109 Å². The van der Waals surface area contributed by atoms with Crippen LogP contribution >= 0.6 is 11.3 Å². The Balaban J connectivity index is 2.02. The van der Waals surface area contributed by atoms with Crippen LogP contribution < -0.4 is 5.32 Å². The van der Waals surface area contributed by atoms with Gasteiger partial charge < -0.3 is 5.32 Å². The summed E-state index contributed by atoms with van der Waals surface area (Å²) < 4.78 is 13.4. The maximum atomic E-state index is 13.4. The third kappa shape index (κ3) is 2.84. The lowest BCUT2D eigenvalue weighted by Gasteiger charge is -2.04. The van der Waals surface area contributed by atoms with Crippen LogP contribution in [0.3, 0.4) is 0 Å². The van der Waals surface area contributed by atoms with Crippen LogP contribution in [0.1, 0.15) is 22.4 Å². The molecule has 0 atom stereocenters. The number of nitriles is 1. The van der Waals surface area contributed by atoms with E-state index >= 15 is 0 Å². The Kier molecular flexibility index (Phi) is 3.90. The Morgan fingerprint density at radius 1 is 1.50 bits per heavy atom. The Bertz CT molecular complexity index is 586. The summed E-state index contributed by atoms with van der Waals surface area (Å²) in [4.78, 5) is 5.50. The van der Waals surface area contributed by atoms with E-state index in [2.05, 4.69) is 17.2 Å². The molecule has 0 unspecified atom stereocenters. The highest BCUT2D eigenvalue weighted by Gasteiger charge is 2.04. The lowest BCUT2D eigenvalue weighted by atomic mass is 10.2. The lowest BCUT2D eigenvalue weighted by Crippen LogP contribution is -1.99. The molecule has 0 saturated heterocycles. The number of thiazole rings is 1. The molecule has 0 aliphatic rings. The monoisotopic (exact) mass is 261 g/mol. The predicted octanol–water partition coefficient (Wildman–Crippen LogP) is 3.33. The molecule has 0 amide bonds. The molecule has 2 aromatic rings. The zero-order valence-corrected chi connectivity index (χ0v) is 10.7. The molecule has 1 aromatic heterocycles. The van der Waals surface area contributed by atoms with Crippen LogP contribution in [0.5, 0.6) is 0 Å². The minimum absolute atomic E-state index is 0.0584. The van der Waals surface area contributed by atoms with Gasteiger partial charge in [0, 0.05) is 16.8 Å². The third-order valence-electron chi connectivity index (χ3n) is 2.48. The van der Waals surface area contributed by atoms with Crippen molar-refractivity contribution in [2.45, 2.75) is 19.9 Å². The molecule has 18 heavy (non-hydrogen) atoms. The van der Waals surface area contributed by atoms with Crippen molar-refractivity contribution in [1.29, 1.82) is 5.26 Å². The van der Waals surface area contributed by atoms with Gasteiger partial charge in [0.05, 0.1) is 12.1 Å². The second kappa shape index (κ2) is 5.61. The molecule has 0 aliphatic heterocycles. The molecular formula is C13H12FN3S. The summed E-state index contributed by atoms with van der Waals surface area (Å²) >= 11 is 1.64. The van der Waals surface area contributed by atoms with E-state index in [1.807, 2.05) is 6.20 Å². The molecule has 0 saturated carbocycles. The smallest absolute Gasteiger partial charge is 0.143 e. The van der Waals surface area contributed by atoms with Crippen LogP contribution in [0.15, 0.2) is 24.4 Å².